The molecule has 4 rings (SSSR count). The van der Waals surface area contributed by atoms with Crippen LogP contribution in [0.4, 0.5) is 0 Å². The number of aromatic nitrogens is 2. The third kappa shape index (κ3) is 3.95. The van der Waals surface area contributed by atoms with E-state index in [1.807, 2.05) is 31.6 Å². The molecular weight excluding hydrogens is 316 g/mol. The predicted octanol–water partition coefficient (Wildman–Crippen LogP) is 2.42. The maximum Gasteiger partial charge on any atom is 0.227 e. The SMILES string of the molecule is Cn1cc(CN(C(=O)[C@@H]2CCCN(Cc3ccco3)C2)C2CC2)cn1. The highest BCUT2D eigenvalue weighted by molar-refractivity contribution is 5.79. The molecule has 6 heteroatoms. The van der Waals surface area contributed by atoms with Crippen molar-refractivity contribution in [2.75, 3.05) is 13.1 Å². The highest BCUT2D eigenvalue weighted by Gasteiger charge is 2.37. The minimum atomic E-state index is 0.0981. The fourth-order valence-electron chi connectivity index (χ4n) is 3.78. The number of nitrogens with zero attached hydrogens (tertiary/aromatic N) is 4. The molecule has 1 amide bonds. The molecule has 2 fully saturated rings. The zero-order valence-electron chi connectivity index (χ0n) is 14.8. The van der Waals surface area contributed by atoms with Gasteiger partial charge in [-0.05, 0) is 44.4 Å². The molecule has 6 nitrogen and oxygen atoms in total. The molecule has 0 spiro atoms. The van der Waals surface area contributed by atoms with E-state index >= 15 is 0 Å². The van der Waals surface area contributed by atoms with E-state index in [0.29, 0.717) is 18.5 Å². The average molecular weight is 342 g/mol. The fraction of sp³-hybridized carbons (Fsp3) is 0.579. The molecular formula is C19H26N4O2. The summed E-state index contributed by atoms with van der Waals surface area (Å²) in [7, 11) is 1.92. The number of amides is 1. The van der Waals surface area contributed by atoms with Crippen LogP contribution in [0.25, 0.3) is 0 Å². The predicted molar refractivity (Wildman–Crippen MR) is 93.5 cm³/mol. The largest absolute Gasteiger partial charge is 0.468 e. The van der Waals surface area contributed by atoms with Gasteiger partial charge in [-0.25, -0.2) is 0 Å². The number of carbonyl (C=O) groups is 1. The summed E-state index contributed by atoms with van der Waals surface area (Å²) in [4.78, 5) is 17.6. The van der Waals surface area contributed by atoms with Gasteiger partial charge in [-0.15, -0.1) is 0 Å². The maximum absolute atomic E-state index is 13.2. The van der Waals surface area contributed by atoms with Gasteiger partial charge in [-0.1, -0.05) is 0 Å². The van der Waals surface area contributed by atoms with Gasteiger partial charge in [0.25, 0.3) is 0 Å². The third-order valence-electron chi connectivity index (χ3n) is 5.20. The zero-order chi connectivity index (χ0) is 17.2. The van der Waals surface area contributed by atoms with Crippen molar-refractivity contribution in [3.8, 4) is 0 Å². The third-order valence-corrected chi connectivity index (χ3v) is 5.20. The van der Waals surface area contributed by atoms with Crippen LogP contribution in [0.15, 0.2) is 35.2 Å². The van der Waals surface area contributed by atoms with Crippen LogP contribution < -0.4 is 0 Å². The van der Waals surface area contributed by atoms with E-state index in [1.165, 1.54) is 0 Å². The molecule has 2 aromatic rings. The van der Waals surface area contributed by atoms with Gasteiger partial charge in [-0.3, -0.25) is 14.4 Å². The van der Waals surface area contributed by atoms with Gasteiger partial charge in [0, 0.05) is 37.9 Å². The topological polar surface area (TPSA) is 54.5 Å². The van der Waals surface area contributed by atoms with Gasteiger partial charge in [0.05, 0.1) is 24.9 Å². The van der Waals surface area contributed by atoms with Crippen molar-refractivity contribution in [1.82, 2.24) is 19.6 Å². The van der Waals surface area contributed by atoms with Crippen LogP contribution in [0.2, 0.25) is 0 Å². The van der Waals surface area contributed by atoms with Gasteiger partial charge in [-0.2, -0.15) is 5.10 Å². The summed E-state index contributed by atoms with van der Waals surface area (Å²) in [5.74, 6) is 1.39. The van der Waals surface area contributed by atoms with Crippen molar-refractivity contribution in [3.05, 3.63) is 42.1 Å². The van der Waals surface area contributed by atoms with Crippen LogP contribution in [0.3, 0.4) is 0 Å². The second-order valence-electron chi connectivity index (χ2n) is 7.37. The molecule has 0 N–H and O–H groups in total. The molecule has 0 radical (unpaired) electrons. The number of hydrogen-bond acceptors (Lipinski definition) is 4. The standard InChI is InChI=1S/C19H26N4O2/c1-21-11-15(10-20-21)12-23(17-6-7-17)19(24)16-4-2-8-22(13-16)14-18-5-3-9-25-18/h3,5,9-11,16-17H,2,4,6-8,12-14H2,1H3/t16-/m1/s1. The second-order valence-corrected chi connectivity index (χ2v) is 7.37. The Morgan fingerprint density at radius 1 is 1.40 bits per heavy atom. The molecule has 0 unspecified atom stereocenters. The number of rotatable bonds is 6. The lowest BCUT2D eigenvalue weighted by Crippen LogP contribution is -2.45. The molecule has 134 valence electrons. The van der Waals surface area contributed by atoms with Crippen molar-refractivity contribution in [2.24, 2.45) is 13.0 Å². The zero-order valence-corrected chi connectivity index (χ0v) is 14.8. The van der Waals surface area contributed by atoms with Gasteiger partial charge in [0.2, 0.25) is 5.91 Å². The smallest absolute Gasteiger partial charge is 0.227 e. The van der Waals surface area contributed by atoms with Crippen molar-refractivity contribution in [2.45, 2.75) is 44.8 Å². The minimum absolute atomic E-state index is 0.0981. The van der Waals surface area contributed by atoms with Gasteiger partial charge < -0.3 is 9.32 Å². The van der Waals surface area contributed by atoms with Gasteiger partial charge in [0.1, 0.15) is 5.76 Å². The van der Waals surface area contributed by atoms with E-state index in [0.717, 1.165) is 56.6 Å². The Kier molecular flexibility index (Phi) is 4.61. The highest BCUT2D eigenvalue weighted by Crippen LogP contribution is 2.31. The second kappa shape index (κ2) is 7.04. The molecule has 25 heavy (non-hydrogen) atoms. The summed E-state index contributed by atoms with van der Waals surface area (Å²) in [5.41, 5.74) is 1.12. The lowest BCUT2D eigenvalue weighted by Gasteiger charge is -2.34. The fourth-order valence-corrected chi connectivity index (χ4v) is 3.78. The first-order valence-electron chi connectivity index (χ1n) is 9.22. The monoisotopic (exact) mass is 342 g/mol. The molecule has 1 saturated carbocycles. The van der Waals surface area contributed by atoms with E-state index in [4.69, 9.17) is 4.42 Å². The van der Waals surface area contributed by atoms with Crippen molar-refractivity contribution >= 4 is 5.91 Å². The number of hydrogen-bond donors (Lipinski definition) is 0. The van der Waals surface area contributed by atoms with Gasteiger partial charge >= 0.3 is 0 Å². The van der Waals surface area contributed by atoms with Crippen LogP contribution >= 0.6 is 0 Å². The Hall–Kier alpha value is -2.08. The first-order chi connectivity index (χ1) is 12.2. The highest BCUT2D eigenvalue weighted by atomic mass is 16.3. The average Bonchev–Trinajstić information content (AvgIpc) is 3.17. The van der Waals surface area contributed by atoms with Crippen molar-refractivity contribution in [3.63, 3.8) is 0 Å². The summed E-state index contributed by atoms with van der Waals surface area (Å²) in [5, 5.41) is 4.24. The van der Waals surface area contributed by atoms with Crippen LogP contribution in [0.1, 0.15) is 37.0 Å². The molecule has 2 aromatic heterocycles. The normalized spacial score (nSPS) is 21.4. The quantitative estimate of drug-likeness (QED) is 0.809. The Balaban J connectivity index is 1.40. The number of furan rings is 1. The minimum Gasteiger partial charge on any atom is -0.468 e. The lowest BCUT2D eigenvalue weighted by molar-refractivity contribution is -0.138. The summed E-state index contributed by atoms with van der Waals surface area (Å²) in [6.07, 6.45) is 9.92. The number of likely N-dealkylation sites (tertiary alicyclic amines) is 1. The summed E-state index contributed by atoms with van der Waals surface area (Å²) >= 11 is 0. The molecule has 0 bridgehead atoms. The van der Waals surface area contributed by atoms with Crippen LogP contribution in [0, 0.1) is 5.92 Å². The molecule has 1 atom stereocenters. The summed E-state index contributed by atoms with van der Waals surface area (Å²) in [6.45, 7) is 3.35. The Morgan fingerprint density at radius 3 is 2.96 bits per heavy atom. The molecule has 2 aliphatic rings. The summed E-state index contributed by atoms with van der Waals surface area (Å²) in [6, 6.07) is 4.35. The maximum atomic E-state index is 13.2. The van der Waals surface area contributed by atoms with Crippen molar-refractivity contribution in [1.29, 1.82) is 0 Å². The van der Waals surface area contributed by atoms with Crippen LogP contribution in [-0.2, 0) is 24.9 Å². The van der Waals surface area contributed by atoms with Gasteiger partial charge in [0.15, 0.2) is 0 Å². The molecule has 3 heterocycles. The van der Waals surface area contributed by atoms with Crippen molar-refractivity contribution < 1.29 is 9.21 Å². The molecule has 1 aliphatic carbocycles. The first-order valence-corrected chi connectivity index (χ1v) is 9.22. The van der Waals surface area contributed by atoms with E-state index in [2.05, 4.69) is 14.9 Å². The first kappa shape index (κ1) is 16.4. The molecule has 1 saturated heterocycles. The van der Waals surface area contributed by atoms with Crippen LogP contribution in [-0.4, -0.2) is 44.6 Å². The molecule has 1 aliphatic heterocycles. The van der Waals surface area contributed by atoms with E-state index in [9.17, 15) is 4.79 Å². The Morgan fingerprint density at radius 2 is 2.28 bits per heavy atom. The lowest BCUT2D eigenvalue weighted by atomic mass is 9.96. The Labute approximate surface area is 148 Å². The van der Waals surface area contributed by atoms with E-state index in [-0.39, 0.29) is 5.92 Å². The number of aryl methyl sites for hydroxylation is 1. The molecule has 0 aromatic carbocycles. The van der Waals surface area contributed by atoms with Crippen LogP contribution in [0.5, 0.6) is 0 Å². The van der Waals surface area contributed by atoms with E-state index < -0.39 is 0 Å². The Bertz CT molecular complexity index is 705. The summed E-state index contributed by atoms with van der Waals surface area (Å²) < 4.78 is 7.26. The number of piperidine rings is 1. The number of carbonyl (C=O) groups excluding carboxylic acids is 1. The van der Waals surface area contributed by atoms with E-state index in [1.54, 1.807) is 10.9 Å².